The maximum Gasteiger partial charge on any atom is 0.0425 e. The molecule has 1 unspecified atom stereocenters. The zero-order valence-electron chi connectivity index (χ0n) is 11.4. The zero-order valence-corrected chi connectivity index (χ0v) is 13.0. The molecule has 2 rings (SSSR count). The first-order chi connectivity index (χ1) is 8.72. The summed E-state index contributed by atoms with van der Waals surface area (Å²) in [5.41, 5.74) is 2.82. The van der Waals surface area contributed by atoms with Gasteiger partial charge >= 0.3 is 0 Å². The van der Waals surface area contributed by atoms with Crippen LogP contribution in [0.1, 0.15) is 38.7 Å². The van der Waals surface area contributed by atoms with Crippen molar-refractivity contribution in [1.82, 2.24) is 5.32 Å². The molecule has 100 valence electrons. The Bertz CT molecular complexity index is 392. The summed E-state index contributed by atoms with van der Waals surface area (Å²) in [5.74, 6) is 0. The van der Waals surface area contributed by atoms with Crippen LogP contribution in [-0.2, 0) is 6.54 Å². The second kappa shape index (κ2) is 6.58. The monoisotopic (exact) mass is 310 g/mol. The number of hydrogen-bond acceptors (Lipinski definition) is 2. The molecular weight excluding hydrogens is 288 g/mol. The predicted molar refractivity (Wildman–Crippen MR) is 82.2 cm³/mol. The largest absolute Gasteiger partial charge is 0.369 e. The summed E-state index contributed by atoms with van der Waals surface area (Å²) in [6.07, 6.45) is 3.82. The number of nitrogens with zero attached hydrogens (tertiary/aromatic N) is 1. The number of anilines is 1. The van der Waals surface area contributed by atoms with E-state index in [4.69, 9.17) is 0 Å². The minimum atomic E-state index is 0.671. The standard InChI is InChI=1S/C15H23BrN2/c1-3-8-17-11-13-6-7-14(16)10-15(13)18-9-4-5-12(18)2/h6-7,10,12,17H,3-5,8-9,11H2,1-2H3. The van der Waals surface area contributed by atoms with E-state index in [9.17, 15) is 0 Å². The van der Waals surface area contributed by atoms with E-state index in [0.29, 0.717) is 6.04 Å². The topological polar surface area (TPSA) is 15.3 Å². The summed E-state index contributed by atoms with van der Waals surface area (Å²) in [4.78, 5) is 2.55. The molecule has 0 aliphatic carbocycles. The maximum absolute atomic E-state index is 3.60. The minimum absolute atomic E-state index is 0.671. The van der Waals surface area contributed by atoms with E-state index in [1.165, 1.54) is 41.5 Å². The highest BCUT2D eigenvalue weighted by Crippen LogP contribution is 2.31. The highest BCUT2D eigenvalue weighted by atomic mass is 79.9. The first kappa shape index (κ1) is 13.9. The lowest BCUT2D eigenvalue weighted by Gasteiger charge is -2.27. The highest BCUT2D eigenvalue weighted by molar-refractivity contribution is 9.10. The predicted octanol–water partition coefficient (Wildman–Crippen LogP) is 3.94. The van der Waals surface area contributed by atoms with Crippen molar-refractivity contribution in [2.24, 2.45) is 0 Å². The van der Waals surface area contributed by atoms with Gasteiger partial charge in [0.15, 0.2) is 0 Å². The fourth-order valence-electron chi connectivity index (χ4n) is 2.64. The van der Waals surface area contributed by atoms with Crippen LogP contribution in [-0.4, -0.2) is 19.1 Å². The Labute approximate surface area is 119 Å². The van der Waals surface area contributed by atoms with Crippen molar-refractivity contribution in [3.05, 3.63) is 28.2 Å². The van der Waals surface area contributed by atoms with Crippen LogP contribution in [0.4, 0.5) is 5.69 Å². The van der Waals surface area contributed by atoms with Crippen LogP contribution < -0.4 is 10.2 Å². The van der Waals surface area contributed by atoms with Crippen molar-refractivity contribution in [1.29, 1.82) is 0 Å². The Morgan fingerprint density at radius 2 is 2.28 bits per heavy atom. The summed E-state index contributed by atoms with van der Waals surface area (Å²) in [5, 5.41) is 3.51. The lowest BCUT2D eigenvalue weighted by atomic mass is 10.1. The third-order valence-corrected chi connectivity index (χ3v) is 4.15. The van der Waals surface area contributed by atoms with Crippen LogP contribution in [0.25, 0.3) is 0 Å². The molecule has 1 fully saturated rings. The fourth-order valence-corrected chi connectivity index (χ4v) is 2.99. The molecule has 0 amide bonds. The molecule has 1 aromatic rings. The summed E-state index contributed by atoms with van der Waals surface area (Å²) in [6.45, 7) is 7.79. The smallest absolute Gasteiger partial charge is 0.0425 e. The summed E-state index contributed by atoms with van der Waals surface area (Å²) in [6, 6.07) is 7.33. The van der Waals surface area contributed by atoms with Crippen molar-refractivity contribution in [2.75, 3.05) is 18.0 Å². The molecule has 2 nitrogen and oxygen atoms in total. The minimum Gasteiger partial charge on any atom is -0.369 e. The van der Waals surface area contributed by atoms with E-state index in [-0.39, 0.29) is 0 Å². The number of halogens is 1. The van der Waals surface area contributed by atoms with Gasteiger partial charge in [-0.3, -0.25) is 0 Å². The lowest BCUT2D eigenvalue weighted by Crippen LogP contribution is -2.28. The van der Waals surface area contributed by atoms with Crippen molar-refractivity contribution < 1.29 is 0 Å². The van der Waals surface area contributed by atoms with E-state index < -0.39 is 0 Å². The lowest BCUT2D eigenvalue weighted by molar-refractivity contribution is 0.669. The van der Waals surface area contributed by atoms with E-state index in [2.05, 4.69) is 58.2 Å². The number of rotatable bonds is 5. The molecule has 1 aliphatic heterocycles. The van der Waals surface area contributed by atoms with Gasteiger partial charge in [-0.15, -0.1) is 0 Å². The second-order valence-electron chi connectivity index (χ2n) is 5.13. The van der Waals surface area contributed by atoms with Crippen LogP contribution in [0.2, 0.25) is 0 Å². The van der Waals surface area contributed by atoms with Gasteiger partial charge in [-0.25, -0.2) is 0 Å². The molecule has 1 N–H and O–H groups in total. The molecule has 0 bridgehead atoms. The van der Waals surface area contributed by atoms with Gasteiger partial charge in [0.1, 0.15) is 0 Å². The van der Waals surface area contributed by atoms with Crippen LogP contribution in [0.5, 0.6) is 0 Å². The van der Waals surface area contributed by atoms with Crippen molar-refractivity contribution in [3.63, 3.8) is 0 Å². The van der Waals surface area contributed by atoms with Gasteiger partial charge in [-0.2, -0.15) is 0 Å². The van der Waals surface area contributed by atoms with Gasteiger partial charge in [0.05, 0.1) is 0 Å². The summed E-state index contributed by atoms with van der Waals surface area (Å²) in [7, 11) is 0. The molecule has 0 aromatic heterocycles. The third-order valence-electron chi connectivity index (χ3n) is 3.65. The summed E-state index contributed by atoms with van der Waals surface area (Å²) >= 11 is 3.60. The fraction of sp³-hybridized carbons (Fsp3) is 0.600. The van der Waals surface area contributed by atoms with Crippen LogP contribution in [0.3, 0.4) is 0 Å². The van der Waals surface area contributed by atoms with Crippen molar-refractivity contribution in [3.8, 4) is 0 Å². The first-order valence-electron chi connectivity index (χ1n) is 6.98. The molecule has 1 aromatic carbocycles. The Kier molecular flexibility index (Phi) is 5.07. The molecule has 3 heteroatoms. The molecule has 1 heterocycles. The van der Waals surface area contributed by atoms with Gasteiger partial charge in [-0.05, 0) is 50.4 Å². The van der Waals surface area contributed by atoms with Crippen molar-refractivity contribution in [2.45, 2.75) is 45.7 Å². The van der Waals surface area contributed by atoms with Gasteiger partial charge in [0.2, 0.25) is 0 Å². The Morgan fingerprint density at radius 1 is 1.44 bits per heavy atom. The molecule has 1 saturated heterocycles. The highest BCUT2D eigenvalue weighted by Gasteiger charge is 2.22. The molecule has 0 saturated carbocycles. The molecule has 0 radical (unpaired) electrons. The average molecular weight is 311 g/mol. The van der Waals surface area contributed by atoms with Crippen molar-refractivity contribution >= 4 is 21.6 Å². The van der Waals surface area contributed by atoms with Gasteiger partial charge in [-0.1, -0.05) is 28.9 Å². The SMILES string of the molecule is CCCNCc1ccc(Br)cc1N1CCCC1C. The van der Waals surface area contributed by atoms with E-state index in [1.807, 2.05) is 0 Å². The van der Waals surface area contributed by atoms with E-state index in [0.717, 1.165) is 13.1 Å². The first-order valence-corrected chi connectivity index (χ1v) is 7.77. The Hall–Kier alpha value is -0.540. The molecule has 0 spiro atoms. The van der Waals surface area contributed by atoms with Gasteiger partial charge in [0, 0.05) is 29.3 Å². The number of hydrogen-bond donors (Lipinski definition) is 1. The molecule has 1 aliphatic rings. The van der Waals surface area contributed by atoms with Crippen LogP contribution in [0.15, 0.2) is 22.7 Å². The zero-order chi connectivity index (χ0) is 13.0. The van der Waals surface area contributed by atoms with E-state index >= 15 is 0 Å². The molecule has 18 heavy (non-hydrogen) atoms. The van der Waals surface area contributed by atoms with Gasteiger partial charge in [0.25, 0.3) is 0 Å². The van der Waals surface area contributed by atoms with E-state index in [1.54, 1.807) is 0 Å². The maximum atomic E-state index is 3.60. The third kappa shape index (κ3) is 3.27. The summed E-state index contributed by atoms with van der Waals surface area (Å²) < 4.78 is 1.18. The quantitative estimate of drug-likeness (QED) is 0.829. The van der Waals surface area contributed by atoms with Gasteiger partial charge < -0.3 is 10.2 Å². The number of benzene rings is 1. The second-order valence-corrected chi connectivity index (χ2v) is 6.05. The number of nitrogens with one attached hydrogen (secondary N) is 1. The Balaban J connectivity index is 2.17. The normalized spacial score (nSPS) is 19.5. The molecular formula is C15H23BrN2. The molecule has 1 atom stereocenters. The van der Waals surface area contributed by atoms with Crippen LogP contribution >= 0.6 is 15.9 Å². The Morgan fingerprint density at radius 3 is 2.94 bits per heavy atom. The average Bonchev–Trinajstić information content (AvgIpc) is 2.77. The van der Waals surface area contributed by atoms with Crippen LogP contribution in [0, 0.1) is 0 Å².